The third-order valence-electron chi connectivity index (χ3n) is 1.41. The predicted octanol–water partition coefficient (Wildman–Crippen LogP) is 1.99. The fourth-order valence-corrected chi connectivity index (χ4v) is 0.860. The van der Waals surface area contributed by atoms with Gasteiger partial charge in [-0.3, -0.25) is 0 Å². The van der Waals surface area contributed by atoms with Gasteiger partial charge in [-0.2, -0.15) is 5.26 Å². The van der Waals surface area contributed by atoms with Crippen molar-refractivity contribution in [3.8, 4) is 6.07 Å². The number of carboxylic acids is 1. The van der Waals surface area contributed by atoms with E-state index in [1.807, 2.05) is 19.9 Å². The molecule has 0 aliphatic rings. The molecule has 0 saturated carbocycles. The number of aromatic nitrogens is 1. The van der Waals surface area contributed by atoms with E-state index in [-0.39, 0.29) is 5.69 Å². The molecule has 0 radical (unpaired) electrons. The first-order valence-electron chi connectivity index (χ1n) is 4.25. The monoisotopic (exact) mass is 192 g/mol. The molecule has 0 aromatic carbocycles. The fraction of sp³-hybridized carbons (Fsp3) is 0.300. The summed E-state index contributed by atoms with van der Waals surface area (Å²) in [5, 5.41) is 17.0. The molecule has 0 unspecified atom stereocenters. The highest BCUT2D eigenvalue weighted by Gasteiger charge is 2.08. The van der Waals surface area contributed by atoms with E-state index in [0.717, 1.165) is 0 Å². The van der Waals surface area contributed by atoms with Crippen LogP contribution >= 0.6 is 0 Å². The van der Waals surface area contributed by atoms with Crippen LogP contribution in [0.5, 0.6) is 0 Å². The van der Waals surface area contributed by atoms with Crippen molar-refractivity contribution in [2.24, 2.45) is 0 Å². The first kappa shape index (κ1) is 12.1. The summed E-state index contributed by atoms with van der Waals surface area (Å²) < 4.78 is 0. The summed E-state index contributed by atoms with van der Waals surface area (Å²) in [6.07, 6.45) is 1.25. The fourth-order valence-electron chi connectivity index (χ4n) is 0.860. The number of nitriles is 1. The maximum Gasteiger partial charge on any atom is 0.354 e. The average molecular weight is 192 g/mol. The zero-order chi connectivity index (χ0) is 11.1. The first-order valence-corrected chi connectivity index (χ1v) is 4.25. The SMILES string of the molecule is CC.Cc1cc(C#N)cnc1C(=O)O. The maximum atomic E-state index is 10.5. The van der Waals surface area contributed by atoms with E-state index in [2.05, 4.69) is 4.98 Å². The highest BCUT2D eigenvalue weighted by Crippen LogP contribution is 2.06. The van der Waals surface area contributed by atoms with Crippen molar-refractivity contribution < 1.29 is 9.90 Å². The van der Waals surface area contributed by atoms with Crippen molar-refractivity contribution in [3.05, 3.63) is 29.1 Å². The summed E-state index contributed by atoms with van der Waals surface area (Å²) in [6.45, 7) is 5.61. The highest BCUT2D eigenvalue weighted by molar-refractivity contribution is 5.87. The Morgan fingerprint density at radius 3 is 2.50 bits per heavy atom. The van der Waals surface area contributed by atoms with E-state index in [4.69, 9.17) is 10.4 Å². The minimum Gasteiger partial charge on any atom is -0.477 e. The lowest BCUT2D eigenvalue weighted by molar-refractivity contribution is 0.0689. The molecule has 14 heavy (non-hydrogen) atoms. The van der Waals surface area contributed by atoms with E-state index in [1.165, 1.54) is 12.3 Å². The van der Waals surface area contributed by atoms with Crippen LogP contribution in [-0.4, -0.2) is 16.1 Å². The molecule has 0 spiro atoms. The van der Waals surface area contributed by atoms with Crippen LogP contribution < -0.4 is 0 Å². The van der Waals surface area contributed by atoms with Gasteiger partial charge >= 0.3 is 5.97 Å². The van der Waals surface area contributed by atoms with Gasteiger partial charge in [0.25, 0.3) is 0 Å². The van der Waals surface area contributed by atoms with Gasteiger partial charge in [-0.15, -0.1) is 0 Å². The van der Waals surface area contributed by atoms with E-state index >= 15 is 0 Å². The number of rotatable bonds is 1. The second-order valence-electron chi connectivity index (χ2n) is 2.31. The molecule has 1 aromatic heterocycles. The van der Waals surface area contributed by atoms with Gasteiger partial charge in [-0.05, 0) is 18.6 Å². The zero-order valence-corrected chi connectivity index (χ0v) is 8.40. The molecule has 1 heterocycles. The molecule has 4 heteroatoms. The Labute approximate surface area is 82.8 Å². The lowest BCUT2D eigenvalue weighted by atomic mass is 10.2. The van der Waals surface area contributed by atoms with Crippen LogP contribution in [0.1, 0.15) is 35.5 Å². The molecular weight excluding hydrogens is 180 g/mol. The molecule has 74 valence electrons. The number of carboxylic acid groups (broad SMARTS) is 1. The summed E-state index contributed by atoms with van der Waals surface area (Å²) in [5.74, 6) is -1.07. The third-order valence-corrected chi connectivity index (χ3v) is 1.41. The number of nitrogens with zero attached hydrogens (tertiary/aromatic N) is 2. The van der Waals surface area contributed by atoms with Gasteiger partial charge in [-0.25, -0.2) is 9.78 Å². The molecule has 0 bridgehead atoms. The molecule has 0 aliphatic carbocycles. The molecule has 0 amide bonds. The Bertz CT molecular complexity index is 367. The van der Waals surface area contributed by atoms with Crippen molar-refractivity contribution in [1.82, 2.24) is 4.98 Å². The van der Waals surface area contributed by atoms with Gasteiger partial charge in [0.1, 0.15) is 6.07 Å². The molecule has 0 aliphatic heterocycles. The number of carbonyl (C=O) groups is 1. The van der Waals surface area contributed by atoms with Crippen LogP contribution in [0.3, 0.4) is 0 Å². The van der Waals surface area contributed by atoms with Crippen molar-refractivity contribution in [2.75, 3.05) is 0 Å². The minimum absolute atomic E-state index is 0.00556. The second kappa shape index (κ2) is 5.70. The number of aryl methyl sites for hydroxylation is 1. The van der Waals surface area contributed by atoms with Crippen molar-refractivity contribution in [2.45, 2.75) is 20.8 Å². The molecular formula is C10H12N2O2. The minimum atomic E-state index is -1.07. The quantitative estimate of drug-likeness (QED) is 0.738. The van der Waals surface area contributed by atoms with Crippen molar-refractivity contribution in [3.63, 3.8) is 0 Å². The molecule has 1 rings (SSSR count). The molecule has 0 atom stereocenters. The number of hydrogen-bond acceptors (Lipinski definition) is 3. The summed E-state index contributed by atoms with van der Waals surface area (Å²) in [5.41, 5.74) is 0.869. The lowest BCUT2D eigenvalue weighted by Crippen LogP contribution is -2.03. The van der Waals surface area contributed by atoms with E-state index in [9.17, 15) is 4.79 Å². The predicted molar refractivity (Wildman–Crippen MR) is 52.0 cm³/mol. The summed E-state index contributed by atoms with van der Waals surface area (Å²) in [6, 6.07) is 3.37. The van der Waals surface area contributed by atoms with Gasteiger partial charge in [0.05, 0.1) is 5.56 Å². The summed E-state index contributed by atoms with van der Waals surface area (Å²) >= 11 is 0. The number of pyridine rings is 1. The second-order valence-corrected chi connectivity index (χ2v) is 2.31. The zero-order valence-electron chi connectivity index (χ0n) is 8.40. The van der Waals surface area contributed by atoms with Crippen molar-refractivity contribution >= 4 is 5.97 Å². The Balaban J connectivity index is 0.000000791. The van der Waals surface area contributed by atoms with Crippen LogP contribution in [0.2, 0.25) is 0 Å². The number of hydrogen-bond donors (Lipinski definition) is 1. The Hall–Kier alpha value is -1.89. The molecule has 0 fully saturated rings. The van der Waals surface area contributed by atoms with Crippen LogP contribution in [0, 0.1) is 18.3 Å². The van der Waals surface area contributed by atoms with E-state index in [0.29, 0.717) is 11.1 Å². The van der Waals surface area contributed by atoms with Crippen LogP contribution in [0.15, 0.2) is 12.3 Å². The number of aromatic carboxylic acids is 1. The lowest BCUT2D eigenvalue weighted by Gasteiger charge is -1.97. The normalized spacial score (nSPS) is 8.14. The van der Waals surface area contributed by atoms with Gasteiger partial charge < -0.3 is 5.11 Å². The maximum absolute atomic E-state index is 10.5. The Kier molecular flexibility index (Phi) is 4.93. The van der Waals surface area contributed by atoms with E-state index in [1.54, 1.807) is 6.92 Å². The standard InChI is InChI=1S/C8H6N2O2.C2H6/c1-5-2-6(3-9)4-10-7(5)8(11)12;1-2/h2,4H,1H3,(H,11,12);1-2H3. The van der Waals surface area contributed by atoms with Gasteiger partial charge in [0.2, 0.25) is 0 Å². The smallest absolute Gasteiger partial charge is 0.354 e. The van der Waals surface area contributed by atoms with Crippen LogP contribution in [-0.2, 0) is 0 Å². The largest absolute Gasteiger partial charge is 0.477 e. The molecule has 0 saturated heterocycles. The van der Waals surface area contributed by atoms with Gasteiger partial charge in [0.15, 0.2) is 5.69 Å². The summed E-state index contributed by atoms with van der Waals surface area (Å²) in [7, 11) is 0. The molecule has 1 aromatic rings. The molecule has 4 nitrogen and oxygen atoms in total. The topological polar surface area (TPSA) is 74.0 Å². The first-order chi connectivity index (χ1) is 6.65. The van der Waals surface area contributed by atoms with Gasteiger partial charge in [-0.1, -0.05) is 13.8 Å². The highest BCUT2D eigenvalue weighted by atomic mass is 16.4. The molecule has 1 N–H and O–H groups in total. The summed E-state index contributed by atoms with van der Waals surface area (Å²) in [4.78, 5) is 14.1. The third kappa shape index (κ3) is 2.87. The van der Waals surface area contributed by atoms with Gasteiger partial charge in [0, 0.05) is 6.20 Å². The van der Waals surface area contributed by atoms with E-state index < -0.39 is 5.97 Å². The average Bonchev–Trinajstić information content (AvgIpc) is 2.20. The Morgan fingerprint density at radius 1 is 1.57 bits per heavy atom. The Morgan fingerprint density at radius 2 is 2.14 bits per heavy atom. The van der Waals surface area contributed by atoms with Crippen LogP contribution in [0.4, 0.5) is 0 Å². The van der Waals surface area contributed by atoms with Crippen molar-refractivity contribution in [1.29, 1.82) is 5.26 Å². The van der Waals surface area contributed by atoms with Crippen LogP contribution in [0.25, 0.3) is 0 Å².